The Morgan fingerprint density at radius 2 is 2.10 bits per heavy atom. The second-order valence-electron chi connectivity index (χ2n) is 3.96. The number of nitrogens with one attached hydrogen (secondary N) is 1. The lowest BCUT2D eigenvalue weighted by Gasteiger charge is -2.17. The summed E-state index contributed by atoms with van der Waals surface area (Å²) in [6.45, 7) is 5.02. The zero-order valence-electron chi connectivity index (χ0n) is 11.6. The van der Waals surface area contributed by atoms with E-state index >= 15 is 0 Å². The number of halogens is 1. The summed E-state index contributed by atoms with van der Waals surface area (Å²) < 4.78 is 9.97. The second-order valence-corrected chi connectivity index (χ2v) is 4.37. The maximum Gasteiger partial charge on any atom is 0.341 e. The second kappa shape index (κ2) is 6.96. The lowest BCUT2D eigenvalue weighted by atomic mass is 10.0. The largest absolute Gasteiger partial charge is 0.495 e. The Balaban J connectivity index is 3.58. The van der Waals surface area contributed by atoms with Crippen LogP contribution in [-0.2, 0) is 16.0 Å². The van der Waals surface area contributed by atoms with Crippen LogP contribution in [0, 0.1) is 0 Å². The molecule has 108 valence electrons. The number of allylic oxidation sites excluding steroid dienone is 1. The normalized spacial score (nSPS) is 9.80. The highest BCUT2D eigenvalue weighted by atomic mass is 35.5. The molecule has 0 saturated heterocycles. The monoisotopic (exact) mass is 297 g/mol. The highest BCUT2D eigenvalue weighted by Crippen LogP contribution is 2.37. The molecule has 1 N–H and O–H groups in total. The standard InChI is InChI=1S/C14H16ClNO4/c1-5-6-9-12(16-8(2)17)11(15)7-10(13(9)19-3)14(18)20-4/h5,7H,1,6H2,2-4H3,(H,16,17). The Morgan fingerprint density at radius 1 is 1.45 bits per heavy atom. The molecular weight excluding hydrogens is 282 g/mol. The third-order valence-corrected chi connectivity index (χ3v) is 2.89. The Kier molecular flexibility index (Phi) is 5.58. The molecule has 1 aromatic carbocycles. The topological polar surface area (TPSA) is 64.6 Å². The molecule has 1 amide bonds. The molecule has 6 heteroatoms. The molecule has 0 fully saturated rings. The number of ether oxygens (including phenoxy) is 2. The summed E-state index contributed by atoms with van der Waals surface area (Å²) in [5.41, 5.74) is 1.18. The van der Waals surface area contributed by atoms with Crippen LogP contribution in [0.3, 0.4) is 0 Å². The summed E-state index contributed by atoms with van der Waals surface area (Å²) in [6.07, 6.45) is 2.00. The van der Waals surface area contributed by atoms with Crippen LogP contribution in [0.1, 0.15) is 22.8 Å². The smallest absolute Gasteiger partial charge is 0.341 e. The Bertz CT molecular complexity index is 555. The average molecular weight is 298 g/mol. The maximum atomic E-state index is 11.8. The van der Waals surface area contributed by atoms with Crippen molar-refractivity contribution in [3.05, 3.63) is 34.9 Å². The van der Waals surface area contributed by atoms with Gasteiger partial charge in [-0.05, 0) is 12.5 Å². The molecule has 0 unspecified atom stereocenters. The van der Waals surface area contributed by atoms with Crippen molar-refractivity contribution in [2.24, 2.45) is 0 Å². The summed E-state index contributed by atoms with van der Waals surface area (Å²) in [5, 5.41) is 2.87. The van der Waals surface area contributed by atoms with Gasteiger partial charge in [-0.25, -0.2) is 4.79 Å². The van der Waals surface area contributed by atoms with Gasteiger partial charge in [0.25, 0.3) is 0 Å². The van der Waals surface area contributed by atoms with Crippen LogP contribution in [0.4, 0.5) is 5.69 Å². The van der Waals surface area contributed by atoms with Crippen LogP contribution in [0.25, 0.3) is 0 Å². The predicted octanol–water partition coefficient (Wildman–Crippen LogP) is 2.82. The Hall–Kier alpha value is -2.01. The molecule has 0 spiro atoms. The van der Waals surface area contributed by atoms with E-state index in [1.807, 2.05) is 0 Å². The molecular formula is C14H16ClNO4. The molecule has 1 aromatic rings. The van der Waals surface area contributed by atoms with Crippen LogP contribution in [0.5, 0.6) is 5.75 Å². The van der Waals surface area contributed by atoms with E-state index in [9.17, 15) is 9.59 Å². The summed E-state index contributed by atoms with van der Waals surface area (Å²) in [4.78, 5) is 23.0. The van der Waals surface area contributed by atoms with E-state index in [1.165, 1.54) is 27.2 Å². The van der Waals surface area contributed by atoms with Gasteiger partial charge in [-0.1, -0.05) is 17.7 Å². The van der Waals surface area contributed by atoms with Crippen molar-refractivity contribution in [1.82, 2.24) is 0 Å². The van der Waals surface area contributed by atoms with Gasteiger partial charge in [0.15, 0.2) is 0 Å². The first-order chi connectivity index (χ1) is 9.46. The molecule has 0 aromatic heterocycles. The van der Waals surface area contributed by atoms with E-state index in [-0.39, 0.29) is 16.5 Å². The lowest BCUT2D eigenvalue weighted by Crippen LogP contribution is -2.13. The van der Waals surface area contributed by atoms with Crippen LogP contribution in [0.2, 0.25) is 5.02 Å². The van der Waals surface area contributed by atoms with Crippen LogP contribution < -0.4 is 10.1 Å². The van der Waals surface area contributed by atoms with E-state index in [2.05, 4.69) is 11.9 Å². The molecule has 0 bridgehead atoms. The number of anilines is 1. The van der Waals surface area contributed by atoms with Gasteiger partial charge in [0.2, 0.25) is 5.91 Å². The van der Waals surface area contributed by atoms with Crippen molar-refractivity contribution < 1.29 is 19.1 Å². The first-order valence-corrected chi connectivity index (χ1v) is 6.20. The molecule has 0 heterocycles. The number of methoxy groups -OCH3 is 2. The van der Waals surface area contributed by atoms with E-state index in [0.29, 0.717) is 23.4 Å². The SMILES string of the molecule is C=CCc1c(NC(C)=O)c(Cl)cc(C(=O)OC)c1OC. The molecule has 0 atom stereocenters. The summed E-state index contributed by atoms with van der Waals surface area (Å²) >= 11 is 6.13. The van der Waals surface area contributed by atoms with E-state index in [4.69, 9.17) is 21.1 Å². The minimum atomic E-state index is -0.566. The van der Waals surface area contributed by atoms with Gasteiger partial charge in [0.1, 0.15) is 11.3 Å². The molecule has 0 aliphatic rings. The Morgan fingerprint density at radius 3 is 2.55 bits per heavy atom. The van der Waals surface area contributed by atoms with Crippen LogP contribution in [-0.4, -0.2) is 26.1 Å². The number of hydrogen-bond acceptors (Lipinski definition) is 4. The number of esters is 1. The summed E-state index contributed by atoms with van der Waals surface area (Å²) in [5.74, 6) is -0.529. The summed E-state index contributed by atoms with van der Waals surface area (Å²) in [7, 11) is 2.70. The first kappa shape index (κ1) is 16.0. The number of amides is 1. The third-order valence-electron chi connectivity index (χ3n) is 2.59. The highest BCUT2D eigenvalue weighted by molar-refractivity contribution is 6.34. The molecule has 5 nitrogen and oxygen atoms in total. The molecule has 0 saturated carbocycles. The molecule has 0 aliphatic carbocycles. The van der Waals surface area contributed by atoms with Crippen molar-refractivity contribution in [2.45, 2.75) is 13.3 Å². The number of hydrogen-bond donors (Lipinski definition) is 1. The first-order valence-electron chi connectivity index (χ1n) is 5.82. The van der Waals surface area contributed by atoms with Crippen molar-refractivity contribution in [1.29, 1.82) is 0 Å². The van der Waals surface area contributed by atoms with Gasteiger partial charge >= 0.3 is 5.97 Å². The molecule has 0 radical (unpaired) electrons. The lowest BCUT2D eigenvalue weighted by molar-refractivity contribution is -0.114. The molecule has 1 rings (SSSR count). The number of carbonyl (C=O) groups is 2. The van der Waals surface area contributed by atoms with Crippen molar-refractivity contribution >= 4 is 29.2 Å². The van der Waals surface area contributed by atoms with Gasteiger partial charge in [0, 0.05) is 12.5 Å². The molecule has 20 heavy (non-hydrogen) atoms. The zero-order valence-corrected chi connectivity index (χ0v) is 12.3. The number of rotatable bonds is 5. The minimum Gasteiger partial charge on any atom is -0.495 e. The van der Waals surface area contributed by atoms with Crippen LogP contribution in [0.15, 0.2) is 18.7 Å². The van der Waals surface area contributed by atoms with Crippen molar-refractivity contribution in [2.75, 3.05) is 19.5 Å². The van der Waals surface area contributed by atoms with Gasteiger partial charge in [-0.3, -0.25) is 4.79 Å². The average Bonchev–Trinajstić information content (AvgIpc) is 2.41. The fourth-order valence-corrected chi connectivity index (χ4v) is 2.10. The van der Waals surface area contributed by atoms with Gasteiger partial charge in [-0.15, -0.1) is 6.58 Å². The maximum absolute atomic E-state index is 11.8. The third kappa shape index (κ3) is 3.30. The van der Waals surface area contributed by atoms with Gasteiger partial charge < -0.3 is 14.8 Å². The molecule has 0 aliphatic heterocycles. The zero-order chi connectivity index (χ0) is 15.3. The fourth-order valence-electron chi connectivity index (χ4n) is 1.83. The fraction of sp³-hybridized carbons (Fsp3) is 0.286. The minimum absolute atomic E-state index is 0.200. The van der Waals surface area contributed by atoms with Gasteiger partial charge in [-0.2, -0.15) is 0 Å². The predicted molar refractivity (Wildman–Crippen MR) is 77.5 cm³/mol. The van der Waals surface area contributed by atoms with E-state index in [1.54, 1.807) is 6.08 Å². The van der Waals surface area contributed by atoms with E-state index < -0.39 is 5.97 Å². The quantitative estimate of drug-likeness (QED) is 0.670. The summed E-state index contributed by atoms with van der Waals surface area (Å²) in [6, 6.07) is 1.41. The van der Waals surface area contributed by atoms with Gasteiger partial charge in [0.05, 0.1) is 24.9 Å². The van der Waals surface area contributed by atoms with E-state index in [0.717, 1.165) is 0 Å². The van der Waals surface area contributed by atoms with Crippen molar-refractivity contribution in [3.8, 4) is 5.75 Å². The Labute approximate surface area is 122 Å². The highest BCUT2D eigenvalue weighted by Gasteiger charge is 2.22. The number of carbonyl (C=O) groups excluding carboxylic acids is 2. The van der Waals surface area contributed by atoms with Crippen LogP contribution >= 0.6 is 11.6 Å². The number of benzene rings is 1. The van der Waals surface area contributed by atoms with Crippen molar-refractivity contribution in [3.63, 3.8) is 0 Å².